The van der Waals surface area contributed by atoms with Crippen molar-refractivity contribution in [1.82, 2.24) is 4.98 Å². The molecule has 0 aliphatic heterocycles. The van der Waals surface area contributed by atoms with Crippen molar-refractivity contribution in [3.05, 3.63) is 29.6 Å². The predicted octanol–water partition coefficient (Wildman–Crippen LogP) is 3.16. The molecule has 0 saturated heterocycles. The van der Waals surface area contributed by atoms with E-state index in [1.54, 1.807) is 18.3 Å². The van der Waals surface area contributed by atoms with E-state index < -0.39 is 0 Å². The summed E-state index contributed by atoms with van der Waals surface area (Å²) in [5, 5.41) is 0. The minimum absolute atomic E-state index is 0.0236. The summed E-state index contributed by atoms with van der Waals surface area (Å²) in [6, 6.07) is 3.52. The van der Waals surface area contributed by atoms with Crippen molar-refractivity contribution >= 4 is 5.97 Å². The van der Waals surface area contributed by atoms with Crippen LogP contribution in [0.4, 0.5) is 0 Å². The lowest BCUT2D eigenvalue weighted by atomic mass is 9.75. The highest BCUT2D eigenvalue weighted by molar-refractivity contribution is 5.89. The van der Waals surface area contributed by atoms with Gasteiger partial charge < -0.3 is 10.5 Å². The summed E-state index contributed by atoms with van der Waals surface area (Å²) in [5.41, 5.74) is 6.80. The number of carbonyl (C=O) groups is 1. The van der Waals surface area contributed by atoms with Crippen LogP contribution in [0.15, 0.2) is 18.3 Å². The Bertz CT molecular complexity index is 470. The van der Waals surface area contributed by atoms with Crippen molar-refractivity contribution < 1.29 is 9.53 Å². The molecule has 1 saturated carbocycles. The molecule has 0 aromatic carbocycles. The van der Waals surface area contributed by atoms with Crippen LogP contribution >= 0.6 is 0 Å². The maximum atomic E-state index is 12.3. The van der Waals surface area contributed by atoms with Gasteiger partial charge in [-0.15, -0.1) is 0 Å². The van der Waals surface area contributed by atoms with E-state index in [9.17, 15) is 4.79 Å². The van der Waals surface area contributed by atoms with E-state index in [1.165, 1.54) is 6.42 Å². The Morgan fingerprint density at radius 1 is 1.43 bits per heavy atom. The first-order valence-electron chi connectivity index (χ1n) is 7.87. The third kappa shape index (κ3) is 4.03. The van der Waals surface area contributed by atoms with Crippen LogP contribution in [0.5, 0.6) is 0 Å². The molecular formula is C17H26N2O2. The molecule has 116 valence electrons. The summed E-state index contributed by atoms with van der Waals surface area (Å²) in [6.45, 7) is 7.03. The van der Waals surface area contributed by atoms with Gasteiger partial charge in [-0.25, -0.2) is 4.79 Å². The average Bonchev–Trinajstić information content (AvgIpc) is 2.47. The Balaban J connectivity index is 2.04. The number of nitrogens with two attached hydrogens (primary N) is 1. The lowest BCUT2D eigenvalue weighted by Crippen LogP contribution is -2.35. The molecule has 1 heterocycles. The highest BCUT2D eigenvalue weighted by Crippen LogP contribution is 2.35. The molecule has 4 heteroatoms. The Kier molecular flexibility index (Phi) is 5.34. The normalized spacial score (nSPS) is 25.9. The number of pyridine rings is 1. The Morgan fingerprint density at radius 2 is 2.19 bits per heavy atom. The number of carbonyl (C=O) groups excluding carboxylic acids is 1. The van der Waals surface area contributed by atoms with E-state index >= 15 is 0 Å². The molecule has 1 aliphatic rings. The molecule has 3 atom stereocenters. The van der Waals surface area contributed by atoms with Gasteiger partial charge in [-0.2, -0.15) is 0 Å². The molecule has 0 amide bonds. The number of aromatic nitrogens is 1. The van der Waals surface area contributed by atoms with E-state index in [0.717, 1.165) is 18.5 Å². The van der Waals surface area contributed by atoms with E-state index in [4.69, 9.17) is 10.5 Å². The zero-order valence-electron chi connectivity index (χ0n) is 13.2. The second kappa shape index (κ2) is 7.03. The fourth-order valence-electron chi connectivity index (χ4n) is 3.12. The molecule has 0 spiro atoms. The predicted molar refractivity (Wildman–Crippen MR) is 82.7 cm³/mol. The highest BCUT2D eigenvalue weighted by Gasteiger charge is 2.33. The number of ether oxygens (including phenoxy) is 1. The van der Waals surface area contributed by atoms with Crippen LogP contribution in [0.3, 0.4) is 0 Å². The quantitative estimate of drug-likeness (QED) is 0.865. The van der Waals surface area contributed by atoms with Gasteiger partial charge in [0.15, 0.2) is 0 Å². The van der Waals surface area contributed by atoms with E-state index in [-0.39, 0.29) is 12.1 Å². The molecule has 1 aromatic heterocycles. The van der Waals surface area contributed by atoms with Crippen LogP contribution in [0.25, 0.3) is 0 Å². The lowest BCUT2D eigenvalue weighted by Gasteiger charge is -2.36. The van der Waals surface area contributed by atoms with E-state index in [0.29, 0.717) is 29.9 Å². The van der Waals surface area contributed by atoms with E-state index in [2.05, 4.69) is 25.8 Å². The molecule has 1 aromatic rings. The van der Waals surface area contributed by atoms with Gasteiger partial charge >= 0.3 is 5.97 Å². The van der Waals surface area contributed by atoms with Crippen LogP contribution in [-0.4, -0.2) is 17.1 Å². The third-order valence-corrected chi connectivity index (χ3v) is 4.49. The van der Waals surface area contributed by atoms with Gasteiger partial charge in [-0.3, -0.25) is 4.98 Å². The molecule has 4 nitrogen and oxygen atoms in total. The number of hydrogen-bond donors (Lipinski definition) is 1. The Labute approximate surface area is 127 Å². The maximum Gasteiger partial charge on any atom is 0.339 e. The molecular weight excluding hydrogens is 264 g/mol. The van der Waals surface area contributed by atoms with Gasteiger partial charge in [0.05, 0.1) is 11.3 Å². The number of hydrogen-bond acceptors (Lipinski definition) is 4. The third-order valence-electron chi connectivity index (χ3n) is 4.49. The second-order valence-corrected chi connectivity index (χ2v) is 6.51. The molecule has 0 bridgehead atoms. The Morgan fingerprint density at radius 3 is 2.76 bits per heavy atom. The van der Waals surface area contributed by atoms with Crippen LogP contribution in [0, 0.1) is 17.8 Å². The summed E-state index contributed by atoms with van der Waals surface area (Å²) < 4.78 is 5.79. The SMILES string of the molecule is CC(C)[C@H]1CC[C@@H](C)C[C@@H]1OC(=O)c1ccc(CN)nc1. The van der Waals surface area contributed by atoms with E-state index in [1.807, 2.05) is 0 Å². The molecule has 1 fully saturated rings. The fourth-order valence-corrected chi connectivity index (χ4v) is 3.12. The minimum Gasteiger partial charge on any atom is -0.458 e. The zero-order valence-corrected chi connectivity index (χ0v) is 13.2. The van der Waals surface area contributed by atoms with Crippen LogP contribution in [0.1, 0.15) is 56.1 Å². The van der Waals surface area contributed by atoms with Crippen molar-refractivity contribution in [3.63, 3.8) is 0 Å². The van der Waals surface area contributed by atoms with Gasteiger partial charge in [-0.1, -0.05) is 27.2 Å². The number of nitrogens with zero attached hydrogens (tertiary/aromatic N) is 1. The standard InChI is InChI=1S/C17H26N2O2/c1-11(2)15-7-4-12(3)8-16(15)21-17(20)13-5-6-14(9-18)19-10-13/h5-6,10-12,15-16H,4,7-9,18H2,1-3H3/t12-,15-,16+/m1/s1. The van der Waals surface area contributed by atoms with Crippen molar-refractivity contribution in [2.24, 2.45) is 23.5 Å². The maximum absolute atomic E-state index is 12.3. The van der Waals surface area contributed by atoms with Crippen molar-refractivity contribution in [3.8, 4) is 0 Å². The highest BCUT2D eigenvalue weighted by atomic mass is 16.5. The zero-order chi connectivity index (χ0) is 15.4. The summed E-state index contributed by atoms with van der Waals surface area (Å²) in [4.78, 5) is 16.4. The average molecular weight is 290 g/mol. The summed E-state index contributed by atoms with van der Waals surface area (Å²) in [7, 11) is 0. The van der Waals surface area contributed by atoms with Gasteiger partial charge in [0, 0.05) is 12.7 Å². The summed E-state index contributed by atoms with van der Waals surface area (Å²) in [5.74, 6) is 1.35. The minimum atomic E-state index is -0.268. The first-order valence-corrected chi connectivity index (χ1v) is 7.87. The molecule has 1 aliphatic carbocycles. The first-order chi connectivity index (χ1) is 10.0. The first kappa shape index (κ1) is 16.0. The summed E-state index contributed by atoms with van der Waals surface area (Å²) >= 11 is 0. The van der Waals surface area contributed by atoms with Crippen molar-refractivity contribution in [1.29, 1.82) is 0 Å². The second-order valence-electron chi connectivity index (χ2n) is 6.51. The Hall–Kier alpha value is -1.42. The smallest absolute Gasteiger partial charge is 0.339 e. The molecule has 21 heavy (non-hydrogen) atoms. The lowest BCUT2D eigenvalue weighted by molar-refractivity contribution is -0.0174. The summed E-state index contributed by atoms with van der Waals surface area (Å²) in [6.07, 6.45) is 4.91. The van der Waals surface area contributed by atoms with Crippen LogP contribution in [0.2, 0.25) is 0 Å². The molecule has 0 unspecified atom stereocenters. The van der Waals surface area contributed by atoms with Gasteiger partial charge in [0.1, 0.15) is 6.10 Å². The van der Waals surface area contributed by atoms with Gasteiger partial charge in [-0.05, 0) is 42.7 Å². The van der Waals surface area contributed by atoms with Crippen LogP contribution in [-0.2, 0) is 11.3 Å². The van der Waals surface area contributed by atoms with Crippen molar-refractivity contribution in [2.45, 2.75) is 52.7 Å². The topological polar surface area (TPSA) is 65.2 Å². The molecule has 0 radical (unpaired) electrons. The van der Waals surface area contributed by atoms with Crippen molar-refractivity contribution in [2.75, 3.05) is 0 Å². The fraction of sp³-hybridized carbons (Fsp3) is 0.647. The monoisotopic (exact) mass is 290 g/mol. The largest absolute Gasteiger partial charge is 0.458 e. The number of rotatable bonds is 4. The molecule has 2 N–H and O–H groups in total. The van der Waals surface area contributed by atoms with Gasteiger partial charge in [0.2, 0.25) is 0 Å². The van der Waals surface area contributed by atoms with Crippen LogP contribution < -0.4 is 5.73 Å². The number of esters is 1. The molecule has 2 rings (SSSR count). The van der Waals surface area contributed by atoms with Gasteiger partial charge in [0.25, 0.3) is 0 Å².